The van der Waals surface area contributed by atoms with Crippen molar-refractivity contribution in [2.45, 2.75) is 13.3 Å². The summed E-state index contributed by atoms with van der Waals surface area (Å²) < 4.78 is 1.96. The summed E-state index contributed by atoms with van der Waals surface area (Å²) in [5.41, 5.74) is 4.34. The van der Waals surface area contributed by atoms with Gasteiger partial charge in [0.2, 0.25) is 5.13 Å². The fourth-order valence-corrected chi connectivity index (χ4v) is 3.45. The van der Waals surface area contributed by atoms with E-state index in [0.717, 1.165) is 39.4 Å². The normalized spacial score (nSPS) is 11.1. The van der Waals surface area contributed by atoms with Gasteiger partial charge in [-0.25, -0.2) is 9.67 Å². The lowest BCUT2D eigenvalue weighted by Gasteiger charge is -1.97. The van der Waals surface area contributed by atoms with Crippen LogP contribution in [0.15, 0.2) is 60.0 Å². The smallest absolute Gasteiger partial charge is 0.211 e. The molecule has 4 aromatic rings. The van der Waals surface area contributed by atoms with Crippen LogP contribution in [0.3, 0.4) is 0 Å². The summed E-state index contributed by atoms with van der Waals surface area (Å²) in [6.45, 7) is 2.12. The molecular formula is C18H15N3S. The quantitative estimate of drug-likeness (QED) is 0.549. The van der Waals surface area contributed by atoms with E-state index >= 15 is 0 Å². The summed E-state index contributed by atoms with van der Waals surface area (Å²) >= 11 is 1.64. The molecule has 0 unspecified atom stereocenters. The Hall–Kier alpha value is -2.46. The molecule has 0 aliphatic rings. The fourth-order valence-electron chi connectivity index (χ4n) is 2.58. The lowest BCUT2D eigenvalue weighted by Crippen LogP contribution is -1.96. The SMILES string of the molecule is CCc1csc(-n2nc(-c3ccccc3)c3ccccc32)n1. The number of aryl methyl sites for hydroxylation is 1. The Bertz CT molecular complexity index is 922. The molecule has 3 nitrogen and oxygen atoms in total. The number of aromatic nitrogens is 3. The van der Waals surface area contributed by atoms with Gasteiger partial charge in [0, 0.05) is 16.3 Å². The van der Waals surface area contributed by atoms with Crippen LogP contribution in [0, 0.1) is 0 Å². The molecule has 0 saturated carbocycles. The van der Waals surface area contributed by atoms with Gasteiger partial charge in [-0.3, -0.25) is 0 Å². The van der Waals surface area contributed by atoms with Crippen molar-refractivity contribution >= 4 is 22.2 Å². The summed E-state index contributed by atoms with van der Waals surface area (Å²) in [4.78, 5) is 4.68. The van der Waals surface area contributed by atoms with E-state index in [4.69, 9.17) is 5.10 Å². The number of hydrogen-bond acceptors (Lipinski definition) is 3. The van der Waals surface area contributed by atoms with Gasteiger partial charge in [0.05, 0.1) is 11.2 Å². The number of rotatable bonds is 3. The van der Waals surface area contributed by atoms with E-state index in [1.165, 1.54) is 0 Å². The highest BCUT2D eigenvalue weighted by atomic mass is 32.1. The Morgan fingerprint density at radius 3 is 2.55 bits per heavy atom. The highest BCUT2D eigenvalue weighted by molar-refractivity contribution is 7.12. The lowest BCUT2D eigenvalue weighted by molar-refractivity contribution is 0.889. The molecule has 0 aliphatic carbocycles. The van der Waals surface area contributed by atoms with E-state index in [9.17, 15) is 0 Å². The number of para-hydroxylation sites is 1. The Morgan fingerprint density at radius 1 is 1.00 bits per heavy atom. The molecular weight excluding hydrogens is 290 g/mol. The van der Waals surface area contributed by atoms with Crippen LogP contribution in [-0.2, 0) is 6.42 Å². The van der Waals surface area contributed by atoms with Gasteiger partial charge < -0.3 is 0 Å². The van der Waals surface area contributed by atoms with Crippen molar-refractivity contribution in [3.8, 4) is 16.4 Å². The molecule has 0 spiro atoms. The van der Waals surface area contributed by atoms with Crippen LogP contribution in [0.2, 0.25) is 0 Å². The average Bonchev–Trinajstić information content (AvgIpc) is 3.20. The van der Waals surface area contributed by atoms with E-state index in [0.29, 0.717) is 0 Å². The first-order chi connectivity index (χ1) is 10.9. The number of thiazole rings is 1. The van der Waals surface area contributed by atoms with Gasteiger partial charge in [0.1, 0.15) is 5.69 Å². The lowest BCUT2D eigenvalue weighted by atomic mass is 10.1. The second-order valence-electron chi connectivity index (χ2n) is 5.12. The van der Waals surface area contributed by atoms with Crippen LogP contribution in [-0.4, -0.2) is 14.8 Å². The van der Waals surface area contributed by atoms with Crippen LogP contribution in [0.5, 0.6) is 0 Å². The molecule has 0 aliphatic heterocycles. The Labute approximate surface area is 132 Å². The van der Waals surface area contributed by atoms with Crippen molar-refractivity contribution in [2.75, 3.05) is 0 Å². The minimum Gasteiger partial charge on any atom is -0.223 e. The first-order valence-corrected chi connectivity index (χ1v) is 8.22. The maximum Gasteiger partial charge on any atom is 0.211 e. The van der Waals surface area contributed by atoms with Gasteiger partial charge in [-0.1, -0.05) is 55.5 Å². The number of benzene rings is 2. The third-order valence-corrected chi connectivity index (χ3v) is 4.58. The van der Waals surface area contributed by atoms with E-state index in [1.54, 1.807) is 11.3 Å². The summed E-state index contributed by atoms with van der Waals surface area (Å²) in [6, 6.07) is 18.6. The van der Waals surface area contributed by atoms with Gasteiger partial charge in [-0.15, -0.1) is 11.3 Å². The molecule has 0 N–H and O–H groups in total. The molecule has 0 saturated heterocycles. The van der Waals surface area contributed by atoms with Crippen LogP contribution in [0.4, 0.5) is 0 Å². The molecule has 0 fully saturated rings. The highest BCUT2D eigenvalue weighted by Gasteiger charge is 2.14. The molecule has 4 rings (SSSR count). The van der Waals surface area contributed by atoms with Gasteiger partial charge in [-0.2, -0.15) is 5.10 Å². The van der Waals surface area contributed by atoms with Crippen molar-refractivity contribution in [2.24, 2.45) is 0 Å². The van der Waals surface area contributed by atoms with E-state index in [-0.39, 0.29) is 0 Å². The standard InChI is InChI=1S/C18H15N3S/c1-2-14-12-22-18(19-14)21-16-11-7-6-10-15(16)17(20-21)13-8-4-3-5-9-13/h3-12H,2H2,1H3. The topological polar surface area (TPSA) is 30.7 Å². The monoisotopic (exact) mass is 305 g/mol. The second kappa shape index (κ2) is 5.39. The minimum absolute atomic E-state index is 0.926. The zero-order valence-electron chi connectivity index (χ0n) is 12.2. The van der Waals surface area contributed by atoms with Gasteiger partial charge in [0.25, 0.3) is 0 Å². The Kier molecular flexibility index (Phi) is 3.24. The van der Waals surface area contributed by atoms with Crippen LogP contribution in [0.1, 0.15) is 12.6 Å². The molecule has 22 heavy (non-hydrogen) atoms. The number of hydrogen-bond donors (Lipinski definition) is 0. The van der Waals surface area contributed by atoms with Crippen molar-refractivity contribution < 1.29 is 0 Å². The number of fused-ring (bicyclic) bond motifs is 1. The van der Waals surface area contributed by atoms with Gasteiger partial charge >= 0.3 is 0 Å². The number of nitrogens with zero attached hydrogens (tertiary/aromatic N) is 3. The van der Waals surface area contributed by atoms with Gasteiger partial charge in [0.15, 0.2) is 0 Å². The third kappa shape index (κ3) is 2.12. The molecule has 0 amide bonds. The molecule has 0 atom stereocenters. The molecule has 2 aromatic heterocycles. The fraction of sp³-hybridized carbons (Fsp3) is 0.111. The van der Waals surface area contributed by atoms with E-state index in [2.05, 4.69) is 47.6 Å². The third-order valence-electron chi connectivity index (χ3n) is 3.72. The second-order valence-corrected chi connectivity index (χ2v) is 5.96. The maximum absolute atomic E-state index is 4.84. The Balaban J connectivity index is 1.97. The van der Waals surface area contributed by atoms with Crippen molar-refractivity contribution in [1.82, 2.24) is 14.8 Å². The van der Waals surface area contributed by atoms with Crippen molar-refractivity contribution in [1.29, 1.82) is 0 Å². The molecule has 2 heterocycles. The first-order valence-electron chi connectivity index (χ1n) is 7.35. The molecule has 0 radical (unpaired) electrons. The summed E-state index contributed by atoms with van der Waals surface area (Å²) in [5.74, 6) is 0. The Morgan fingerprint density at radius 2 is 1.77 bits per heavy atom. The van der Waals surface area contributed by atoms with Crippen LogP contribution >= 0.6 is 11.3 Å². The van der Waals surface area contributed by atoms with Crippen LogP contribution < -0.4 is 0 Å². The van der Waals surface area contributed by atoms with Crippen LogP contribution in [0.25, 0.3) is 27.3 Å². The van der Waals surface area contributed by atoms with Gasteiger partial charge in [-0.05, 0) is 12.5 Å². The summed E-state index contributed by atoms with van der Waals surface area (Å²) in [6.07, 6.45) is 0.946. The molecule has 2 aromatic carbocycles. The molecule has 0 bridgehead atoms. The summed E-state index contributed by atoms with van der Waals surface area (Å²) in [5, 5.41) is 9.03. The zero-order chi connectivity index (χ0) is 14.9. The molecule has 4 heteroatoms. The van der Waals surface area contributed by atoms with Crippen molar-refractivity contribution in [3.05, 3.63) is 65.7 Å². The molecule has 108 valence electrons. The summed E-state index contributed by atoms with van der Waals surface area (Å²) in [7, 11) is 0. The van der Waals surface area contributed by atoms with E-state index in [1.807, 2.05) is 28.9 Å². The zero-order valence-corrected chi connectivity index (χ0v) is 13.0. The first kappa shape index (κ1) is 13.2. The van der Waals surface area contributed by atoms with E-state index < -0.39 is 0 Å². The average molecular weight is 305 g/mol. The highest BCUT2D eigenvalue weighted by Crippen LogP contribution is 2.30. The minimum atomic E-state index is 0.926. The maximum atomic E-state index is 4.84. The van der Waals surface area contributed by atoms with Crippen molar-refractivity contribution in [3.63, 3.8) is 0 Å². The predicted octanol–water partition coefficient (Wildman–Crippen LogP) is 4.71. The largest absolute Gasteiger partial charge is 0.223 e. The predicted molar refractivity (Wildman–Crippen MR) is 91.6 cm³/mol.